The third-order valence-electron chi connectivity index (χ3n) is 3.52. The number of aromatic nitrogens is 2. The maximum atomic E-state index is 11.9. The summed E-state index contributed by atoms with van der Waals surface area (Å²) in [5.41, 5.74) is 0.141. The van der Waals surface area contributed by atoms with E-state index in [2.05, 4.69) is 11.6 Å². The molecule has 0 saturated heterocycles. The van der Waals surface area contributed by atoms with Crippen LogP contribution in [0, 0.1) is 0 Å². The van der Waals surface area contributed by atoms with Gasteiger partial charge < -0.3 is 9.88 Å². The van der Waals surface area contributed by atoms with Crippen molar-refractivity contribution < 1.29 is 0 Å². The number of rotatable bonds is 5. The number of hydrogen-bond donors (Lipinski definition) is 1. The van der Waals surface area contributed by atoms with E-state index in [1.165, 1.54) is 24.5 Å². The van der Waals surface area contributed by atoms with Crippen LogP contribution in [0.2, 0.25) is 0 Å². The zero-order valence-corrected chi connectivity index (χ0v) is 11.8. The van der Waals surface area contributed by atoms with Crippen LogP contribution in [0.25, 0.3) is 0 Å². The first-order valence-corrected chi connectivity index (χ1v) is 7.23. The normalized spacial score (nSPS) is 16.8. The summed E-state index contributed by atoms with van der Waals surface area (Å²) in [4.78, 5) is 23.4. The van der Waals surface area contributed by atoms with Crippen molar-refractivity contribution in [2.75, 3.05) is 12.8 Å². The Kier molecular flexibility index (Phi) is 3.68. The molecule has 0 aromatic carbocycles. The van der Waals surface area contributed by atoms with Crippen molar-refractivity contribution in [3.05, 3.63) is 32.6 Å². The van der Waals surface area contributed by atoms with Gasteiger partial charge in [0, 0.05) is 43.7 Å². The fourth-order valence-corrected chi connectivity index (χ4v) is 2.78. The van der Waals surface area contributed by atoms with E-state index in [1.54, 1.807) is 13.2 Å². The van der Waals surface area contributed by atoms with E-state index in [0.29, 0.717) is 16.9 Å². The van der Waals surface area contributed by atoms with Crippen molar-refractivity contribution in [1.29, 1.82) is 0 Å². The summed E-state index contributed by atoms with van der Waals surface area (Å²) in [7, 11) is 3.17. The second-order valence-electron chi connectivity index (χ2n) is 4.90. The number of hydrogen-bond acceptors (Lipinski definition) is 4. The first-order valence-electron chi connectivity index (χ1n) is 6.00. The highest BCUT2D eigenvalue weighted by Crippen LogP contribution is 2.46. The molecule has 0 amide bonds. The molecule has 1 saturated carbocycles. The summed E-state index contributed by atoms with van der Waals surface area (Å²) >= 11 is 1.89. The van der Waals surface area contributed by atoms with E-state index in [-0.39, 0.29) is 11.2 Å². The number of aryl methyl sites for hydroxylation is 1. The van der Waals surface area contributed by atoms with Gasteiger partial charge in [-0.1, -0.05) is 0 Å². The molecule has 1 heterocycles. The van der Waals surface area contributed by atoms with Crippen molar-refractivity contribution in [2.24, 2.45) is 14.1 Å². The van der Waals surface area contributed by atoms with Gasteiger partial charge in [-0.2, -0.15) is 11.8 Å². The van der Waals surface area contributed by atoms with Crippen LogP contribution in [-0.2, 0) is 20.6 Å². The number of nitrogens with one attached hydrogen (secondary N) is 1. The van der Waals surface area contributed by atoms with Crippen LogP contribution in [0.5, 0.6) is 0 Å². The van der Waals surface area contributed by atoms with Crippen LogP contribution in [-0.4, -0.2) is 26.7 Å². The largest absolute Gasteiger partial charge is 0.330 e. The SMILES string of the molecule is CSC1(CNCc2cn(C)c(=O)n(C)c2=O)CC1. The first kappa shape index (κ1) is 13.4. The van der Waals surface area contributed by atoms with Gasteiger partial charge in [0.2, 0.25) is 0 Å². The summed E-state index contributed by atoms with van der Waals surface area (Å²) in [5, 5.41) is 3.32. The molecule has 1 aliphatic rings. The summed E-state index contributed by atoms with van der Waals surface area (Å²) in [5.74, 6) is 0. The van der Waals surface area contributed by atoms with E-state index < -0.39 is 0 Å². The summed E-state index contributed by atoms with van der Waals surface area (Å²) < 4.78 is 2.98. The highest BCUT2D eigenvalue weighted by Gasteiger charge is 2.41. The smallest absolute Gasteiger partial charge is 0.311 e. The highest BCUT2D eigenvalue weighted by atomic mass is 32.2. The van der Waals surface area contributed by atoms with Gasteiger partial charge >= 0.3 is 5.69 Å². The average molecular weight is 269 g/mol. The molecule has 0 radical (unpaired) electrons. The maximum absolute atomic E-state index is 11.9. The molecule has 1 N–H and O–H groups in total. The third-order valence-corrected chi connectivity index (χ3v) is 4.94. The molecule has 1 aromatic heterocycles. The Bertz CT molecular complexity index is 557. The Labute approximate surface area is 110 Å². The maximum Gasteiger partial charge on any atom is 0.330 e. The predicted molar refractivity (Wildman–Crippen MR) is 74.1 cm³/mol. The Balaban J connectivity index is 2.06. The lowest BCUT2D eigenvalue weighted by Crippen LogP contribution is -2.40. The van der Waals surface area contributed by atoms with E-state index in [4.69, 9.17) is 0 Å². The van der Waals surface area contributed by atoms with Gasteiger partial charge in [-0.05, 0) is 19.1 Å². The van der Waals surface area contributed by atoms with E-state index in [0.717, 1.165) is 11.1 Å². The molecule has 100 valence electrons. The topological polar surface area (TPSA) is 56.0 Å². The molecule has 0 spiro atoms. The van der Waals surface area contributed by atoms with Gasteiger partial charge in [0.25, 0.3) is 5.56 Å². The van der Waals surface area contributed by atoms with Crippen molar-refractivity contribution in [3.8, 4) is 0 Å². The molecule has 2 rings (SSSR count). The van der Waals surface area contributed by atoms with E-state index in [1.807, 2.05) is 11.8 Å². The summed E-state index contributed by atoms with van der Waals surface area (Å²) in [6, 6.07) is 0. The zero-order valence-electron chi connectivity index (χ0n) is 11.0. The minimum absolute atomic E-state index is 0.209. The van der Waals surface area contributed by atoms with Crippen molar-refractivity contribution >= 4 is 11.8 Å². The van der Waals surface area contributed by atoms with Crippen LogP contribution in [0.1, 0.15) is 18.4 Å². The molecule has 1 fully saturated rings. The molecule has 0 atom stereocenters. The Morgan fingerprint density at radius 1 is 1.39 bits per heavy atom. The second-order valence-corrected chi connectivity index (χ2v) is 6.18. The Morgan fingerprint density at radius 3 is 2.61 bits per heavy atom. The van der Waals surface area contributed by atoms with E-state index >= 15 is 0 Å². The fraction of sp³-hybridized carbons (Fsp3) is 0.667. The van der Waals surface area contributed by atoms with Crippen LogP contribution in [0.15, 0.2) is 15.8 Å². The fourth-order valence-electron chi connectivity index (χ4n) is 2.02. The third kappa shape index (κ3) is 2.54. The molecule has 0 unspecified atom stereocenters. The minimum Gasteiger partial charge on any atom is -0.311 e. The number of thioether (sulfide) groups is 1. The number of nitrogens with zero attached hydrogens (tertiary/aromatic N) is 2. The van der Waals surface area contributed by atoms with Gasteiger partial charge in [0.15, 0.2) is 0 Å². The van der Waals surface area contributed by atoms with Crippen molar-refractivity contribution in [3.63, 3.8) is 0 Å². The summed E-state index contributed by atoms with van der Waals surface area (Å²) in [6.45, 7) is 1.43. The molecule has 1 aromatic rings. The zero-order chi connectivity index (χ0) is 13.3. The lowest BCUT2D eigenvalue weighted by Gasteiger charge is -2.13. The monoisotopic (exact) mass is 269 g/mol. The Morgan fingerprint density at radius 2 is 2.06 bits per heavy atom. The lowest BCUT2D eigenvalue weighted by molar-refractivity contribution is 0.620. The minimum atomic E-state index is -0.286. The van der Waals surface area contributed by atoms with Gasteiger partial charge in [-0.3, -0.25) is 9.36 Å². The molecule has 5 nitrogen and oxygen atoms in total. The van der Waals surface area contributed by atoms with Gasteiger partial charge in [0.1, 0.15) is 0 Å². The van der Waals surface area contributed by atoms with Crippen LogP contribution >= 0.6 is 11.8 Å². The molecule has 1 aliphatic carbocycles. The highest BCUT2D eigenvalue weighted by molar-refractivity contribution is 8.00. The van der Waals surface area contributed by atoms with Crippen LogP contribution in [0.3, 0.4) is 0 Å². The van der Waals surface area contributed by atoms with Gasteiger partial charge in [0.05, 0.1) is 0 Å². The van der Waals surface area contributed by atoms with Crippen LogP contribution in [0.4, 0.5) is 0 Å². The average Bonchev–Trinajstić information content (AvgIpc) is 3.13. The van der Waals surface area contributed by atoms with Crippen molar-refractivity contribution in [1.82, 2.24) is 14.5 Å². The standard InChI is InChI=1S/C12H19N3O2S/c1-14-7-9(10(16)15(2)11(14)17)6-13-8-12(18-3)4-5-12/h7,13H,4-6,8H2,1-3H3. The quantitative estimate of drug-likeness (QED) is 0.822. The Hall–Kier alpha value is -1.01. The van der Waals surface area contributed by atoms with E-state index in [9.17, 15) is 9.59 Å². The summed E-state index contributed by atoms with van der Waals surface area (Å²) in [6.07, 6.45) is 6.23. The molecule has 18 heavy (non-hydrogen) atoms. The molecular formula is C12H19N3O2S. The lowest BCUT2D eigenvalue weighted by atomic mass is 10.3. The second kappa shape index (κ2) is 4.93. The molecule has 0 bridgehead atoms. The molecule has 0 aliphatic heterocycles. The van der Waals surface area contributed by atoms with Gasteiger partial charge in [-0.15, -0.1) is 0 Å². The molecule has 6 heteroatoms. The van der Waals surface area contributed by atoms with Gasteiger partial charge in [-0.25, -0.2) is 4.79 Å². The molecular weight excluding hydrogens is 250 g/mol. The van der Waals surface area contributed by atoms with Crippen molar-refractivity contribution in [2.45, 2.75) is 24.1 Å². The predicted octanol–water partition coefficient (Wildman–Crippen LogP) is 0.0692. The van der Waals surface area contributed by atoms with Crippen LogP contribution < -0.4 is 16.6 Å². The first-order chi connectivity index (χ1) is 8.49.